The molecule has 1 aliphatic rings. The Kier molecular flexibility index (Phi) is 4.38. The van der Waals surface area contributed by atoms with Gasteiger partial charge in [0.05, 0.1) is 17.4 Å². The van der Waals surface area contributed by atoms with Crippen molar-refractivity contribution in [3.63, 3.8) is 0 Å². The summed E-state index contributed by atoms with van der Waals surface area (Å²) < 4.78 is 45.1. The number of aryl methyl sites for hydroxylation is 2. The van der Waals surface area contributed by atoms with E-state index in [1.54, 1.807) is 25.2 Å². The Labute approximate surface area is 174 Å². The van der Waals surface area contributed by atoms with Gasteiger partial charge in [-0.1, -0.05) is 12.1 Å². The molecule has 0 N–H and O–H groups in total. The molecule has 0 saturated heterocycles. The molecule has 4 aromatic rings. The maximum Gasteiger partial charge on any atom is 0.573 e. The van der Waals surface area contributed by atoms with Crippen molar-refractivity contribution in [2.75, 3.05) is 11.4 Å². The number of anilines is 1. The number of hydrogen-bond donors (Lipinski definition) is 0. The number of aromatic nitrogens is 4. The summed E-state index contributed by atoms with van der Waals surface area (Å²) in [6.07, 6.45) is -3.27. The molecule has 0 fully saturated rings. The fourth-order valence-corrected chi connectivity index (χ4v) is 4.18. The molecular weight excluding hydrogens is 411 g/mol. The van der Waals surface area contributed by atoms with Gasteiger partial charge in [-0.25, -0.2) is 0 Å². The Hall–Kier alpha value is -3.56. The second-order valence-electron chi connectivity index (χ2n) is 7.50. The highest BCUT2D eigenvalue weighted by Crippen LogP contribution is 2.33. The van der Waals surface area contributed by atoms with Crippen LogP contribution in [0.1, 0.15) is 17.8 Å². The normalized spacial score (nSPS) is 14.3. The van der Waals surface area contributed by atoms with Crippen LogP contribution in [0.3, 0.4) is 0 Å². The number of hydrogen-bond acceptors (Lipinski definition) is 5. The van der Waals surface area contributed by atoms with Crippen molar-refractivity contribution in [1.82, 2.24) is 19.2 Å². The smallest absolute Gasteiger partial charge is 0.406 e. The fourth-order valence-electron chi connectivity index (χ4n) is 4.18. The summed E-state index contributed by atoms with van der Waals surface area (Å²) in [5.41, 5.74) is 2.19. The third-order valence-electron chi connectivity index (χ3n) is 5.52. The summed E-state index contributed by atoms with van der Waals surface area (Å²) >= 11 is 0. The van der Waals surface area contributed by atoms with Crippen molar-refractivity contribution < 1.29 is 17.9 Å². The summed E-state index contributed by atoms with van der Waals surface area (Å²) in [5.74, 6) is 0.858. The van der Waals surface area contributed by atoms with Crippen LogP contribution < -0.4 is 15.2 Å². The summed E-state index contributed by atoms with van der Waals surface area (Å²) in [4.78, 5) is 14.7. The zero-order valence-corrected chi connectivity index (χ0v) is 16.6. The van der Waals surface area contributed by atoms with Gasteiger partial charge in [0.2, 0.25) is 5.78 Å². The Bertz CT molecular complexity index is 1360. The highest BCUT2D eigenvalue weighted by atomic mass is 19.4. The van der Waals surface area contributed by atoms with Crippen LogP contribution in [0.15, 0.2) is 47.3 Å². The van der Waals surface area contributed by atoms with Gasteiger partial charge in [-0.15, -0.1) is 23.4 Å². The van der Waals surface area contributed by atoms with E-state index in [4.69, 9.17) is 0 Å². The largest absolute Gasteiger partial charge is 0.573 e. The number of fused-ring (bicyclic) bond motifs is 4. The average Bonchev–Trinajstić information content (AvgIpc) is 3.15. The third-order valence-corrected chi connectivity index (χ3v) is 5.52. The molecule has 0 amide bonds. The molecule has 0 bridgehead atoms. The topological polar surface area (TPSA) is 64.7 Å². The maximum atomic E-state index is 12.6. The van der Waals surface area contributed by atoms with Gasteiger partial charge < -0.3 is 9.64 Å². The molecule has 0 aliphatic carbocycles. The first kappa shape index (κ1) is 19.4. The minimum Gasteiger partial charge on any atom is -0.406 e. The molecule has 0 saturated carbocycles. The van der Waals surface area contributed by atoms with Crippen LogP contribution in [-0.2, 0) is 20.0 Å². The molecule has 31 heavy (non-hydrogen) atoms. The van der Waals surface area contributed by atoms with Gasteiger partial charge in [0.25, 0.3) is 5.56 Å². The van der Waals surface area contributed by atoms with Crippen LogP contribution in [-0.4, -0.2) is 32.1 Å². The molecule has 0 atom stereocenters. The number of alkyl halides is 3. The van der Waals surface area contributed by atoms with E-state index in [9.17, 15) is 18.0 Å². The van der Waals surface area contributed by atoms with E-state index in [2.05, 4.69) is 19.8 Å². The minimum absolute atomic E-state index is 0.150. The second-order valence-corrected chi connectivity index (χ2v) is 7.50. The van der Waals surface area contributed by atoms with Gasteiger partial charge in [0, 0.05) is 19.3 Å². The van der Waals surface area contributed by atoms with Crippen LogP contribution in [0.5, 0.6) is 5.75 Å². The van der Waals surface area contributed by atoms with Crippen molar-refractivity contribution >= 4 is 22.4 Å². The van der Waals surface area contributed by atoms with E-state index in [1.165, 1.54) is 16.7 Å². The summed E-state index contributed by atoms with van der Waals surface area (Å²) in [6.45, 7) is 1.13. The minimum atomic E-state index is -4.72. The van der Waals surface area contributed by atoms with E-state index >= 15 is 0 Å². The molecule has 0 radical (unpaired) electrons. The lowest BCUT2D eigenvalue weighted by atomic mass is 10.0. The quantitative estimate of drug-likeness (QED) is 0.499. The standard InChI is InChI=1S/C21H18F3N5O2/c1-27-19(30)15-6-2-3-7-17(15)29-18(25-26-20(27)29)12-28-10-4-5-13-11-14(8-9-16(13)28)31-21(22,23)24/h2-3,6-9,11H,4-5,10,12H2,1H3. The van der Waals surface area contributed by atoms with Gasteiger partial charge >= 0.3 is 6.36 Å². The number of nitrogens with zero attached hydrogens (tertiary/aromatic N) is 5. The van der Waals surface area contributed by atoms with Crippen molar-refractivity contribution in [1.29, 1.82) is 0 Å². The monoisotopic (exact) mass is 429 g/mol. The summed E-state index contributed by atoms with van der Waals surface area (Å²) in [5, 5.41) is 9.09. The lowest BCUT2D eigenvalue weighted by Crippen LogP contribution is -2.30. The van der Waals surface area contributed by atoms with Crippen LogP contribution >= 0.6 is 0 Å². The number of ether oxygens (including phenoxy) is 1. The van der Waals surface area contributed by atoms with Gasteiger partial charge in [-0.05, 0) is 48.7 Å². The van der Waals surface area contributed by atoms with E-state index in [0.29, 0.717) is 35.5 Å². The number of rotatable bonds is 3. The second kappa shape index (κ2) is 7.00. The molecule has 10 heteroatoms. The molecule has 2 aromatic carbocycles. The van der Waals surface area contributed by atoms with Crippen molar-refractivity contribution in [2.24, 2.45) is 7.05 Å². The Morgan fingerprint density at radius 2 is 1.94 bits per heavy atom. The highest BCUT2D eigenvalue weighted by molar-refractivity contribution is 5.80. The van der Waals surface area contributed by atoms with E-state index in [1.807, 2.05) is 16.5 Å². The van der Waals surface area contributed by atoms with Crippen molar-refractivity contribution in [3.05, 3.63) is 64.2 Å². The Balaban J connectivity index is 1.55. The molecule has 7 nitrogen and oxygen atoms in total. The molecule has 3 heterocycles. The average molecular weight is 429 g/mol. The first-order valence-electron chi connectivity index (χ1n) is 9.77. The van der Waals surface area contributed by atoms with E-state index in [-0.39, 0.29) is 11.3 Å². The zero-order valence-electron chi connectivity index (χ0n) is 16.6. The molecule has 160 valence electrons. The van der Waals surface area contributed by atoms with Crippen LogP contribution in [0.25, 0.3) is 16.7 Å². The van der Waals surface area contributed by atoms with Gasteiger partial charge in [0.1, 0.15) is 5.75 Å². The molecule has 0 spiro atoms. The van der Waals surface area contributed by atoms with Crippen LogP contribution in [0.4, 0.5) is 18.9 Å². The first-order chi connectivity index (χ1) is 14.8. The van der Waals surface area contributed by atoms with E-state index < -0.39 is 6.36 Å². The Morgan fingerprint density at radius 1 is 1.13 bits per heavy atom. The molecule has 5 rings (SSSR count). The first-order valence-corrected chi connectivity index (χ1v) is 9.77. The van der Waals surface area contributed by atoms with Crippen molar-refractivity contribution in [2.45, 2.75) is 25.7 Å². The number of benzene rings is 2. The zero-order chi connectivity index (χ0) is 21.8. The lowest BCUT2D eigenvalue weighted by molar-refractivity contribution is -0.274. The summed E-state index contributed by atoms with van der Waals surface area (Å²) in [6, 6.07) is 11.7. The van der Waals surface area contributed by atoms with Gasteiger partial charge in [0.15, 0.2) is 5.82 Å². The highest BCUT2D eigenvalue weighted by Gasteiger charge is 2.31. The predicted octanol–water partition coefficient (Wildman–Crippen LogP) is 3.43. The summed E-state index contributed by atoms with van der Waals surface area (Å²) in [7, 11) is 1.65. The number of halogens is 3. The molecular formula is C21H18F3N5O2. The Morgan fingerprint density at radius 3 is 2.74 bits per heavy atom. The lowest BCUT2D eigenvalue weighted by Gasteiger charge is -2.31. The van der Waals surface area contributed by atoms with Crippen LogP contribution in [0, 0.1) is 0 Å². The maximum absolute atomic E-state index is 12.6. The fraction of sp³-hybridized carbons (Fsp3) is 0.286. The third kappa shape index (κ3) is 3.37. The predicted molar refractivity (Wildman–Crippen MR) is 108 cm³/mol. The van der Waals surface area contributed by atoms with Gasteiger partial charge in [-0.3, -0.25) is 13.8 Å². The van der Waals surface area contributed by atoms with Crippen molar-refractivity contribution in [3.8, 4) is 5.75 Å². The SMILES string of the molecule is Cn1c(=O)c2ccccc2n2c(CN3CCCc4cc(OC(F)(F)F)ccc43)nnc12. The van der Waals surface area contributed by atoms with E-state index in [0.717, 1.165) is 24.2 Å². The number of para-hydroxylation sites is 1. The van der Waals surface area contributed by atoms with Crippen LogP contribution in [0.2, 0.25) is 0 Å². The molecule has 0 unspecified atom stereocenters. The molecule has 1 aliphatic heterocycles. The van der Waals surface area contributed by atoms with Gasteiger partial charge in [-0.2, -0.15) is 0 Å². The molecule has 2 aromatic heterocycles.